The predicted octanol–water partition coefficient (Wildman–Crippen LogP) is 13.6. The molecule has 10 rings (SSSR count). The van der Waals surface area contributed by atoms with E-state index in [0.717, 1.165) is 106 Å². The molecule has 0 bridgehead atoms. The molecular weight excluding hydrogens is 733 g/mol. The fraction of sp³-hybridized carbons (Fsp3) is 0.167. The Balaban J connectivity index is 1.29. The zero-order valence-electron chi connectivity index (χ0n) is 34.5. The summed E-state index contributed by atoms with van der Waals surface area (Å²) in [6, 6.07) is 58.6. The summed E-state index contributed by atoms with van der Waals surface area (Å²) >= 11 is 0. The van der Waals surface area contributed by atoms with Crippen LogP contribution in [0.2, 0.25) is 0 Å². The highest BCUT2D eigenvalue weighted by Crippen LogP contribution is 2.41. The zero-order valence-corrected chi connectivity index (χ0v) is 34.5. The lowest BCUT2D eigenvalue weighted by Gasteiger charge is -2.13. The molecule has 0 radical (unpaired) electrons. The smallest absolute Gasteiger partial charge is 0.118 e. The Labute approximate surface area is 351 Å². The largest absolute Gasteiger partial charge is 0.294 e. The minimum atomic E-state index is 0.823. The van der Waals surface area contributed by atoms with E-state index in [1.54, 1.807) is 0 Å². The number of hydrogen-bond acceptors (Lipinski definition) is 3. The minimum absolute atomic E-state index is 0.823. The number of aryl methyl sites for hydroxylation is 3. The summed E-state index contributed by atoms with van der Waals surface area (Å²) in [6.45, 7) is 6.70. The summed E-state index contributed by atoms with van der Waals surface area (Å²) in [5, 5.41) is 0. The molecule has 60 heavy (non-hydrogen) atoms. The van der Waals surface area contributed by atoms with Crippen molar-refractivity contribution in [3.8, 4) is 50.4 Å². The van der Waals surface area contributed by atoms with E-state index in [0.29, 0.717) is 0 Å². The van der Waals surface area contributed by atoms with Crippen LogP contribution in [0.15, 0.2) is 164 Å². The van der Waals surface area contributed by atoms with Crippen molar-refractivity contribution in [2.75, 3.05) is 0 Å². The van der Waals surface area contributed by atoms with E-state index in [-0.39, 0.29) is 0 Å². The van der Waals surface area contributed by atoms with Crippen LogP contribution >= 0.6 is 0 Å². The summed E-state index contributed by atoms with van der Waals surface area (Å²) in [5.74, 6) is 3.07. The molecule has 7 aromatic carbocycles. The summed E-state index contributed by atoms with van der Waals surface area (Å²) in [4.78, 5) is 16.9. The maximum absolute atomic E-state index is 5.62. The van der Waals surface area contributed by atoms with Crippen molar-refractivity contribution >= 4 is 33.1 Å². The molecule has 0 atom stereocenters. The van der Waals surface area contributed by atoms with Crippen LogP contribution in [0.5, 0.6) is 0 Å². The lowest BCUT2D eigenvalue weighted by molar-refractivity contribution is 0.816. The van der Waals surface area contributed by atoms with E-state index < -0.39 is 0 Å². The van der Waals surface area contributed by atoms with Crippen molar-refractivity contribution in [3.63, 3.8) is 0 Å². The Morgan fingerprint density at radius 1 is 0.300 bits per heavy atom. The Kier molecular flexibility index (Phi) is 9.90. The molecule has 0 aliphatic heterocycles. The Morgan fingerprint density at radius 3 is 0.767 bits per heavy atom. The van der Waals surface area contributed by atoms with Gasteiger partial charge in [0.1, 0.15) is 50.6 Å². The molecule has 0 unspecified atom stereocenters. The molecule has 0 fully saturated rings. The van der Waals surface area contributed by atoms with Crippen LogP contribution in [0.25, 0.3) is 83.5 Å². The fourth-order valence-electron chi connectivity index (χ4n) is 8.86. The van der Waals surface area contributed by atoms with E-state index in [1.165, 1.54) is 33.4 Å². The second kappa shape index (κ2) is 16.0. The molecule has 6 nitrogen and oxygen atoms in total. The Bertz CT molecular complexity index is 2700. The number of imidazole rings is 3. The topological polar surface area (TPSA) is 53.5 Å². The van der Waals surface area contributed by atoms with Crippen molar-refractivity contribution in [3.05, 3.63) is 181 Å². The number of fused-ring (bicyclic) bond motifs is 6. The maximum Gasteiger partial charge on any atom is 0.118 e. The van der Waals surface area contributed by atoms with Gasteiger partial charge < -0.3 is 0 Å². The lowest BCUT2D eigenvalue weighted by Crippen LogP contribution is -2.02. The fourth-order valence-corrected chi connectivity index (χ4v) is 8.86. The molecule has 0 aliphatic rings. The average molecular weight is 781 g/mol. The summed E-state index contributed by atoms with van der Waals surface area (Å²) in [7, 11) is 0. The molecule has 0 spiro atoms. The van der Waals surface area contributed by atoms with Crippen LogP contribution in [0, 0.1) is 0 Å². The van der Waals surface area contributed by atoms with Gasteiger partial charge in [0, 0.05) is 36.3 Å². The summed E-state index contributed by atoms with van der Waals surface area (Å²) < 4.78 is 7.16. The van der Waals surface area contributed by atoms with Gasteiger partial charge in [-0.05, 0) is 89.0 Å². The van der Waals surface area contributed by atoms with Crippen molar-refractivity contribution in [2.45, 2.75) is 59.3 Å². The summed E-state index contributed by atoms with van der Waals surface area (Å²) in [5.41, 5.74) is 16.2. The SMILES string of the molecule is CCCc1nc2c(c3nc(CCC)n(-c4ccc(-c5ccccc5)cc4)c3c3nc(CCC)n(-c4ccc(-c5ccccc5)cc4)c23)n1-c1ccc(-c2ccccc2)cc1. The van der Waals surface area contributed by atoms with Gasteiger partial charge in [0.05, 0.1) is 0 Å². The van der Waals surface area contributed by atoms with Gasteiger partial charge in [-0.1, -0.05) is 148 Å². The Hall–Kier alpha value is -7.05. The average Bonchev–Trinajstić information content (AvgIpc) is 3.99. The quantitative estimate of drug-likeness (QED) is 0.124. The monoisotopic (exact) mass is 780 g/mol. The highest BCUT2D eigenvalue weighted by Gasteiger charge is 2.29. The normalized spacial score (nSPS) is 11.7. The lowest BCUT2D eigenvalue weighted by atomic mass is 10.1. The standard InChI is InChI=1S/C54H48N6/c1-4-16-46-55-49-52(58(46)43-31-25-40(26-32-43)37-19-10-7-11-20-37)50-54(60(47(56-50)17-5-2)45-35-29-42(30-36-45)39-23-14-9-15-24-39)51-53(49)59(48(57-51)18-6-3)44-33-27-41(28-34-44)38-21-12-8-13-22-38/h7-15,19-36H,4-6,16-18H2,1-3H3. The first-order valence-electron chi connectivity index (χ1n) is 21.5. The molecule has 3 aromatic heterocycles. The third kappa shape index (κ3) is 6.49. The second-order valence-corrected chi connectivity index (χ2v) is 15.7. The Morgan fingerprint density at radius 2 is 0.533 bits per heavy atom. The summed E-state index contributed by atoms with van der Waals surface area (Å²) in [6.07, 6.45) is 5.35. The van der Waals surface area contributed by atoms with Crippen LogP contribution < -0.4 is 0 Å². The highest BCUT2D eigenvalue weighted by molar-refractivity contribution is 6.20. The van der Waals surface area contributed by atoms with Gasteiger partial charge in [-0.3, -0.25) is 13.7 Å². The van der Waals surface area contributed by atoms with Crippen molar-refractivity contribution in [1.29, 1.82) is 0 Å². The number of nitrogens with zero attached hydrogens (tertiary/aromatic N) is 6. The van der Waals surface area contributed by atoms with Crippen LogP contribution in [0.1, 0.15) is 57.5 Å². The van der Waals surface area contributed by atoms with Crippen molar-refractivity contribution in [2.24, 2.45) is 0 Å². The molecule has 0 amide bonds. The predicted molar refractivity (Wildman–Crippen MR) is 249 cm³/mol. The molecule has 3 heterocycles. The second-order valence-electron chi connectivity index (χ2n) is 15.7. The van der Waals surface area contributed by atoms with E-state index in [2.05, 4.69) is 198 Å². The van der Waals surface area contributed by atoms with Gasteiger partial charge in [0.15, 0.2) is 0 Å². The van der Waals surface area contributed by atoms with E-state index in [1.807, 2.05) is 0 Å². The maximum atomic E-state index is 5.62. The molecule has 10 aromatic rings. The highest BCUT2D eigenvalue weighted by atomic mass is 15.2. The number of hydrogen-bond donors (Lipinski definition) is 0. The van der Waals surface area contributed by atoms with Crippen molar-refractivity contribution in [1.82, 2.24) is 28.7 Å². The van der Waals surface area contributed by atoms with Gasteiger partial charge >= 0.3 is 0 Å². The van der Waals surface area contributed by atoms with E-state index >= 15 is 0 Å². The first-order valence-corrected chi connectivity index (χ1v) is 21.5. The number of aromatic nitrogens is 6. The third-order valence-corrected chi connectivity index (χ3v) is 11.6. The van der Waals surface area contributed by atoms with Gasteiger partial charge in [0.2, 0.25) is 0 Å². The molecule has 0 N–H and O–H groups in total. The molecule has 0 saturated carbocycles. The van der Waals surface area contributed by atoms with Crippen LogP contribution in [0.4, 0.5) is 0 Å². The molecule has 0 aliphatic carbocycles. The molecule has 0 saturated heterocycles. The van der Waals surface area contributed by atoms with E-state index in [9.17, 15) is 0 Å². The van der Waals surface area contributed by atoms with Crippen molar-refractivity contribution < 1.29 is 0 Å². The van der Waals surface area contributed by atoms with Crippen LogP contribution in [-0.2, 0) is 19.3 Å². The zero-order chi connectivity index (χ0) is 40.6. The number of rotatable bonds is 12. The van der Waals surface area contributed by atoms with Gasteiger partial charge in [-0.25, -0.2) is 15.0 Å². The first kappa shape index (κ1) is 37.2. The van der Waals surface area contributed by atoms with Gasteiger partial charge in [-0.15, -0.1) is 0 Å². The first-order chi connectivity index (χ1) is 29.6. The molecule has 6 heteroatoms. The van der Waals surface area contributed by atoms with Gasteiger partial charge in [0.25, 0.3) is 0 Å². The third-order valence-electron chi connectivity index (χ3n) is 11.6. The minimum Gasteiger partial charge on any atom is -0.294 e. The molecular formula is C54H48N6. The van der Waals surface area contributed by atoms with E-state index in [4.69, 9.17) is 15.0 Å². The van der Waals surface area contributed by atoms with Gasteiger partial charge in [-0.2, -0.15) is 0 Å². The number of benzene rings is 7. The molecule has 294 valence electrons. The van der Waals surface area contributed by atoms with Crippen LogP contribution in [-0.4, -0.2) is 28.7 Å². The van der Waals surface area contributed by atoms with Crippen LogP contribution in [0.3, 0.4) is 0 Å².